The molecule has 0 aliphatic heterocycles. The maximum Gasteiger partial charge on any atom is 0.318 e. The summed E-state index contributed by atoms with van der Waals surface area (Å²) in [5.41, 5.74) is -0.653. The van der Waals surface area contributed by atoms with E-state index in [9.17, 15) is 13.6 Å². The first-order chi connectivity index (χ1) is 9.04. The van der Waals surface area contributed by atoms with Gasteiger partial charge in [-0.15, -0.1) is 0 Å². The van der Waals surface area contributed by atoms with E-state index in [-0.39, 0.29) is 19.4 Å². The second-order valence-electron chi connectivity index (χ2n) is 5.60. The normalized spacial score (nSPS) is 25.5. The first-order valence-electron chi connectivity index (χ1n) is 6.87. The highest BCUT2D eigenvalue weighted by Gasteiger charge is 2.50. The van der Waals surface area contributed by atoms with Crippen molar-refractivity contribution in [1.29, 1.82) is 0 Å². The van der Waals surface area contributed by atoms with Gasteiger partial charge in [0, 0.05) is 0 Å². The van der Waals surface area contributed by atoms with E-state index >= 15 is 0 Å². The Kier molecular flexibility index (Phi) is 4.38. The van der Waals surface area contributed by atoms with Crippen LogP contribution in [-0.4, -0.2) is 19.0 Å². The highest BCUT2D eigenvalue weighted by Crippen LogP contribution is 2.44. The average Bonchev–Trinajstić information content (AvgIpc) is 2.86. The van der Waals surface area contributed by atoms with Gasteiger partial charge in [-0.25, -0.2) is 8.78 Å². The summed E-state index contributed by atoms with van der Waals surface area (Å²) in [5, 5.41) is 0. The minimum atomic E-state index is -2.63. The van der Waals surface area contributed by atoms with Crippen molar-refractivity contribution in [2.24, 2.45) is 11.3 Å². The van der Waals surface area contributed by atoms with Crippen LogP contribution in [0.3, 0.4) is 0 Å². The van der Waals surface area contributed by atoms with Crippen molar-refractivity contribution < 1.29 is 18.3 Å². The van der Waals surface area contributed by atoms with Crippen molar-refractivity contribution in [2.45, 2.75) is 45.5 Å². The van der Waals surface area contributed by atoms with Crippen molar-refractivity contribution in [3.63, 3.8) is 0 Å². The highest BCUT2D eigenvalue weighted by molar-refractivity contribution is 5.78. The van der Waals surface area contributed by atoms with E-state index in [0.29, 0.717) is 18.8 Å². The van der Waals surface area contributed by atoms with Crippen LogP contribution < -0.4 is 0 Å². The lowest BCUT2D eigenvalue weighted by Crippen LogP contribution is -2.37. The van der Waals surface area contributed by atoms with E-state index in [2.05, 4.69) is 6.92 Å². The van der Waals surface area contributed by atoms with Crippen molar-refractivity contribution in [3.8, 4) is 0 Å². The molecule has 106 valence electrons. The summed E-state index contributed by atoms with van der Waals surface area (Å²) >= 11 is 0. The monoisotopic (exact) mass is 270 g/mol. The van der Waals surface area contributed by atoms with Gasteiger partial charge in [0.15, 0.2) is 0 Å². The molecule has 0 N–H and O–H groups in total. The maximum absolute atomic E-state index is 13.1. The fraction of sp³-hybridized carbons (Fsp3) is 0.667. The Hall–Kier alpha value is -1.19. The van der Waals surface area contributed by atoms with Gasteiger partial charge in [-0.2, -0.15) is 0 Å². The smallest absolute Gasteiger partial charge is 0.318 e. The van der Waals surface area contributed by atoms with Crippen LogP contribution in [0.5, 0.6) is 0 Å². The third-order valence-corrected chi connectivity index (χ3v) is 4.03. The SMILES string of the molecule is CC1C=C(COC(=O)C2(C(F)F)CCCC2)C=CC1. The summed E-state index contributed by atoms with van der Waals surface area (Å²) in [5.74, 6) is -0.318. The van der Waals surface area contributed by atoms with Gasteiger partial charge in [0.05, 0.1) is 0 Å². The second-order valence-corrected chi connectivity index (χ2v) is 5.60. The Labute approximate surface area is 112 Å². The zero-order valence-electron chi connectivity index (χ0n) is 11.2. The van der Waals surface area contributed by atoms with E-state index in [0.717, 1.165) is 12.0 Å². The van der Waals surface area contributed by atoms with Crippen molar-refractivity contribution >= 4 is 5.97 Å². The van der Waals surface area contributed by atoms with Crippen LogP contribution in [0.1, 0.15) is 39.0 Å². The van der Waals surface area contributed by atoms with Gasteiger partial charge >= 0.3 is 5.97 Å². The van der Waals surface area contributed by atoms with E-state index in [4.69, 9.17) is 4.74 Å². The minimum absolute atomic E-state index is 0.105. The molecule has 1 atom stereocenters. The standard InChI is InChI=1S/C15H20F2O2/c1-11-5-4-6-12(9-11)10-19-14(18)15(13(16)17)7-2-3-8-15/h4,6,9,11,13H,2-3,5,7-8,10H2,1H3. The lowest BCUT2D eigenvalue weighted by atomic mass is 9.87. The molecule has 0 saturated heterocycles. The van der Waals surface area contributed by atoms with E-state index in [1.165, 1.54) is 0 Å². The Morgan fingerprint density at radius 2 is 2.16 bits per heavy atom. The van der Waals surface area contributed by atoms with Crippen molar-refractivity contribution in [1.82, 2.24) is 0 Å². The predicted molar refractivity (Wildman–Crippen MR) is 68.9 cm³/mol. The molecule has 0 spiro atoms. The second kappa shape index (κ2) is 5.85. The maximum atomic E-state index is 13.1. The fourth-order valence-electron chi connectivity index (χ4n) is 2.83. The third-order valence-electron chi connectivity index (χ3n) is 4.03. The van der Waals surface area contributed by atoms with Crippen LogP contribution in [-0.2, 0) is 9.53 Å². The molecule has 0 aromatic rings. The summed E-state index contributed by atoms with van der Waals surface area (Å²) in [6.07, 6.45) is 6.14. The lowest BCUT2D eigenvalue weighted by Gasteiger charge is -2.25. The number of carbonyl (C=O) groups excluding carboxylic acids is 1. The van der Waals surface area contributed by atoms with Crippen LogP contribution in [0.4, 0.5) is 8.78 Å². The number of hydrogen-bond donors (Lipinski definition) is 0. The number of hydrogen-bond acceptors (Lipinski definition) is 2. The van der Waals surface area contributed by atoms with Crippen LogP contribution in [0.25, 0.3) is 0 Å². The predicted octanol–water partition coefficient (Wildman–Crippen LogP) is 3.88. The topological polar surface area (TPSA) is 26.3 Å². The summed E-state index contributed by atoms with van der Waals surface area (Å²) in [7, 11) is 0. The van der Waals surface area contributed by atoms with Gasteiger partial charge in [0.2, 0.25) is 0 Å². The molecule has 0 amide bonds. The molecule has 0 aromatic carbocycles. The Morgan fingerprint density at radius 1 is 1.47 bits per heavy atom. The third kappa shape index (κ3) is 3.04. The number of rotatable bonds is 4. The van der Waals surface area contributed by atoms with Gasteiger partial charge < -0.3 is 4.74 Å². The van der Waals surface area contributed by atoms with Crippen LogP contribution >= 0.6 is 0 Å². The number of halogens is 2. The van der Waals surface area contributed by atoms with Gasteiger partial charge in [-0.3, -0.25) is 4.79 Å². The molecular weight excluding hydrogens is 250 g/mol. The Balaban J connectivity index is 1.95. The quantitative estimate of drug-likeness (QED) is 0.725. The molecule has 1 saturated carbocycles. The molecule has 0 heterocycles. The Morgan fingerprint density at radius 3 is 2.74 bits per heavy atom. The van der Waals surface area contributed by atoms with Gasteiger partial charge in [-0.1, -0.05) is 38.0 Å². The van der Waals surface area contributed by atoms with Gasteiger partial charge in [0.1, 0.15) is 12.0 Å². The minimum Gasteiger partial charge on any atom is -0.460 e. The first kappa shape index (κ1) is 14.2. The molecule has 1 unspecified atom stereocenters. The summed E-state index contributed by atoms with van der Waals surface area (Å²) in [6.45, 7) is 2.18. The van der Waals surface area contributed by atoms with E-state index in [1.54, 1.807) is 0 Å². The van der Waals surface area contributed by atoms with Gasteiger partial charge in [-0.05, 0) is 30.8 Å². The molecular formula is C15H20F2O2. The van der Waals surface area contributed by atoms with E-state index < -0.39 is 17.8 Å². The van der Waals surface area contributed by atoms with Crippen molar-refractivity contribution in [2.75, 3.05) is 6.61 Å². The molecule has 2 nitrogen and oxygen atoms in total. The number of allylic oxidation sites excluding steroid dienone is 2. The number of esters is 1. The molecule has 2 aliphatic carbocycles. The Bertz CT molecular complexity index is 393. The molecule has 0 bridgehead atoms. The molecule has 0 aromatic heterocycles. The highest BCUT2D eigenvalue weighted by atomic mass is 19.3. The van der Waals surface area contributed by atoms with Crippen LogP contribution in [0.2, 0.25) is 0 Å². The number of carbonyl (C=O) groups is 1. The summed E-state index contributed by atoms with van der Waals surface area (Å²) in [6, 6.07) is 0. The zero-order valence-corrected chi connectivity index (χ0v) is 11.2. The van der Waals surface area contributed by atoms with Gasteiger partial charge in [0.25, 0.3) is 6.43 Å². The lowest BCUT2D eigenvalue weighted by molar-refractivity contribution is -0.164. The number of ether oxygens (including phenoxy) is 1. The molecule has 0 radical (unpaired) electrons. The zero-order chi connectivity index (χ0) is 13.9. The van der Waals surface area contributed by atoms with Crippen LogP contribution in [0, 0.1) is 11.3 Å². The van der Waals surface area contributed by atoms with Crippen molar-refractivity contribution in [3.05, 3.63) is 23.8 Å². The molecule has 2 rings (SSSR count). The molecule has 4 heteroatoms. The molecule has 1 fully saturated rings. The number of alkyl halides is 2. The van der Waals surface area contributed by atoms with E-state index in [1.807, 2.05) is 18.2 Å². The molecule has 2 aliphatic rings. The molecule has 19 heavy (non-hydrogen) atoms. The first-order valence-corrected chi connectivity index (χ1v) is 6.87. The summed E-state index contributed by atoms with van der Waals surface area (Å²) in [4.78, 5) is 12.0. The fourth-order valence-corrected chi connectivity index (χ4v) is 2.83. The largest absolute Gasteiger partial charge is 0.460 e. The average molecular weight is 270 g/mol. The van der Waals surface area contributed by atoms with Crippen LogP contribution in [0.15, 0.2) is 23.8 Å². The summed E-state index contributed by atoms with van der Waals surface area (Å²) < 4.78 is 31.4.